The molecule has 1 amide bonds. The second-order valence-electron chi connectivity index (χ2n) is 8.98. The molecule has 1 aliphatic carbocycles. The van der Waals surface area contributed by atoms with Gasteiger partial charge in [-0.2, -0.15) is 5.10 Å². The van der Waals surface area contributed by atoms with Crippen LogP contribution in [0.1, 0.15) is 28.8 Å². The molecule has 1 aliphatic rings. The average Bonchev–Trinajstić information content (AvgIpc) is 3.71. The molecule has 3 heterocycles. The minimum atomic E-state index is -3.81. The number of halogens is 1. The van der Waals surface area contributed by atoms with Crippen molar-refractivity contribution in [2.24, 2.45) is 7.05 Å². The van der Waals surface area contributed by atoms with Gasteiger partial charge in [-0.25, -0.2) is 13.4 Å². The Morgan fingerprint density at radius 1 is 1.18 bits per heavy atom. The summed E-state index contributed by atoms with van der Waals surface area (Å²) in [7, 11) is -2.32. The maximum absolute atomic E-state index is 13.1. The summed E-state index contributed by atoms with van der Waals surface area (Å²) in [5.41, 5.74) is 0.483. The topological polar surface area (TPSA) is 145 Å². The molecule has 3 aromatic heterocycles. The summed E-state index contributed by atoms with van der Waals surface area (Å²) in [6, 6.07) is 13.3. The van der Waals surface area contributed by atoms with Crippen LogP contribution in [0.4, 0.5) is 5.82 Å². The average molecular weight is 555 g/mol. The van der Waals surface area contributed by atoms with Crippen molar-refractivity contribution in [2.75, 3.05) is 11.3 Å². The van der Waals surface area contributed by atoms with E-state index in [1.165, 1.54) is 30.1 Å². The number of amides is 1. The zero-order valence-electron chi connectivity index (χ0n) is 20.2. The van der Waals surface area contributed by atoms with Crippen LogP contribution in [0.25, 0.3) is 10.9 Å². The molecule has 0 spiro atoms. The van der Waals surface area contributed by atoms with Gasteiger partial charge in [0.1, 0.15) is 28.3 Å². The third-order valence-corrected chi connectivity index (χ3v) is 8.75. The Bertz CT molecular complexity index is 1670. The smallest absolute Gasteiger partial charge is 0.263 e. The molecule has 0 bridgehead atoms. The van der Waals surface area contributed by atoms with E-state index in [1.807, 2.05) is 0 Å². The second kappa shape index (κ2) is 10.0. The van der Waals surface area contributed by atoms with E-state index in [0.717, 1.165) is 5.56 Å². The third-order valence-electron chi connectivity index (χ3n) is 6.36. The van der Waals surface area contributed by atoms with Crippen LogP contribution in [0.15, 0.2) is 65.7 Å². The van der Waals surface area contributed by atoms with Gasteiger partial charge in [0.15, 0.2) is 0 Å². The highest BCUT2D eigenvalue weighted by atomic mass is 35.5. The molecule has 0 aliphatic heterocycles. The van der Waals surface area contributed by atoms with Crippen molar-refractivity contribution in [1.82, 2.24) is 25.1 Å². The minimum Gasteiger partial charge on any atom is -0.473 e. The lowest BCUT2D eigenvalue weighted by Gasteiger charge is -2.18. The molecule has 13 heteroatoms. The highest BCUT2D eigenvalue weighted by molar-refractivity contribution is 7.94. The van der Waals surface area contributed by atoms with Crippen molar-refractivity contribution < 1.29 is 17.9 Å². The monoisotopic (exact) mass is 554 g/mol. The molecule has 38 heavy (non-hydrogen) atoms. The van der Waals surface area contributed by atoms with Gasteiger partial charge < -0.3 is 14.6 Å². The maximum Gasteiger partial charge on any atom is 0.263 e. The van der Waals surface area contributed by atoms with E-state index in [4.69, 9.17) is 16.3 Å². The maximum atomic E-state index is 13.1. The lowest BCUT2D eigenvalue weighted by Crippen LogP contribution is -2.36. The highest BCUT2D eigenvalue weighted by Crippen LogP contribution is 2.44. The van der Waals surface area contributed by atoms with Crippen LogP contribution >= 0.6 is 11.6 Å². The Labute approximate surface area is 222 Å². The van der Waals surface area contributed by atoms with Crippen molar-refractivity contribution in [3.8, 4) is 5.88 Å². The molecule has 0 radical (unpaired) electrons. The number of rotatable bonds is 9. The van der Waals surface area contributed by atoms with Crippen LogP contribution in [0.3, 0.4) is 0 Å². The Hall–Kier alpha value is -4.03. The number of fused-ring (bicyclic) bond motifs is 1. The molecule has 1 fully saturated rings. The second-order valence-corrected chi connectivity index (χ2v) is 11.5. The Balaban J connectivity index is 1.36. The van der Waals surface area contributed by atoms with Crippen LogP contribution < -0.4 is 20.3 Å². The Kier molecular flexibility index (Phi) is 6.76. The van der Waals surface area contributed by atoms with Gasteiger partial charge in [-0.3, -0.25) is 14.3 Å². The van der Waals surface area contributed by atoms with Crippen molar-refractivity contribution >= 4 is 44.3 Å². The summed E-state index contributed by atoms with van der Waals surface area (Å²) in [6.45, 7) is 0.0176. The SMILES string of the molecule is Cn1c(=O)c(C(=O)NCc2ccc(Cl)cc2)cc2cnnc(OCC3(S(=O)(=O)Nc4ccccn4)CC3)c21. The number of carbonyl (C=O) groups excluding carboxylic acids is 1. The van der Waals surface area contributed by atoms with Crippen molar-refractivity contribution in [2.45, 2.75) is 24.1 Å². The molecular weight excluding hydrogens is 532 g/mol. The van der Waals surface area contributed by atoms with Gasteiger partial charge in [0.2, 0.25) is 10.0 Å². The first kappa shape index (κ1) is 25.6. The summed E-state index contributed by atoms with van der Waals surface area (Å²) >= 11 is 5.89. The van der Waals surface area contributed by atoms with Gasteiger partial charge in [-0.05, 0) is 48.7 Å². The molecular formula is C25H23ClN6O5S. The van der Waals surface area contributed by atoms with Crippen LogP contribution in [0, 0.1) is 0 Å². The lowest BCUT2D eigenvalue weighted by molar-refractivity contribution is 0.0949. The molecule has 1 aromatic carbocycles. The molecule has 0 atom stereocenters. The molecule has 196 valence electrons. The fourth-order valence-corrected chi connectivity index (χ4v) is 5.55. The number of pyridine rings is 2. The van der Waals surface area contributed by atoms with E-state index >= 15 is 0 Å². The summed E-state index contributed by atoms with van der Waals surface area (Å²) in [5, 5.41) is 11.7. The number of aromatic nitrogens is 4. The van der Waals surface area contributed by atoms with Crippen LogP contribution in [0.2, 0.25) is 5.02 Å². The van der Waals surface area contributed by atoms with Gasteiger partial charge in [-0.15, -0.1) is 5.10 Å². The molecule has 0 unspecified atom stereocenters. The van der Waals surface area contributed by atoms with Gasteiger partial charge >= 0.3 is 0 Å². The van der Waals surface area contributed by atoms with Crippen molar-refractivity contribution in [3.63, 3.8) is 0 Å². The third kappa shape index (κ3) is 5.04. The number of nitrogens with zero attached hydrogens (tertiary/aromatic N) is 4. The summed E-state index contributed by atoms with van der Waals surface area (Å²) in [4.78, 5) is 29.9. The first-order valence-electron chi connectivity index (χ1n) is 11.6. The lowest BCUT2D eigenvalue weighted by atomic mass is 10.1. The summed E-state index contributed by atoms with van der Waals surface area (Å²) in [5.74, 6) is -0.340. The van der Waals surface area contributed by atoms with Gasteiger partial charge in [0.05, 0.1) is 6.20 Å². The zero-order chi connectivity index (χ0) is 26.9. The van der Waals surface area contributed by atoms with Crippen LogP contribution in [0.5, 0.6) is 5.88 Å². The largest absolute Gasteiger partial charge is 0.473 e. The van der Waals surface area contributed by atoms with E-state index in [9.17, 15) is 18.0 Å². The van der Waals surface area contributed by atoms with Gasteiger partial charge in [0, 0.05) is 30.2 Å². The minimum absolute atomic E-state index is 0.00506. The van der Waals surface area contributed by atoms with Crippen LogP contribution in [-0.4, -0.2) is 45.4 Å². The first-order chi connectivity index (χ1) is 18.2. The van der Waals surface area contributed by atoms with Crippen molar-refractivity contribution in [1.29, 1.82) is 0 Å². The predicted molar refractivity (Wildman–Crippen MR) is 142 cm³/mol. The number of ether oxygens (including phenoxy) is 1. The standard InChI is InChI=1S/C25H23ClN6O5S/c1-32-21-17(12-19(24(32)34)22(33)28-13-16-5-7-18(26)8-6-16)14-29-30-23(21)37-15-25(9-10-25)38(35,36)31-20-4-2-3-11-27-20/h2-8,11-12,14H,9-10,13,15H2,1H3,(H,27,31)(H,28,33). The molecule has 4 aromatic rings. The quantitative estimate of drug-likeness (QED) is 0.321. The number of hydrogen-bond donors (Lipinski definition) is 2. The predicted octanol–water partition coefficient (Wildman–Crippen LogP) is 2.66. The number of benzene rings is 1. The van der Waals surface area contributed by atoms with Crippen LogP contribution in [-0.2, 0) is 23.6 Å². The number of nitrogens with one attached hydrogen (secondary N) is 2. The zero-order valence-corrected chi connectivity index (χ0v) is 21.8. The Morgan fingerprint density at radius 2 is 1.95 bits per heavy atom. The van der Waals surface area contributed by atoms with E-state index in [-0.39, 0.29) is 30.4 Å². The van der Waals surface area contributed by atoms with Gasteiger partial charge in [-0.1, -0.05) is 29.8 Å². The number of carbonyl (C=O) groups is 1. The van der Waals surface area contributed by atoms with Crippen molar-refractivity contribution in [3.05, 3.63) is 87.4 Å². The number of aryl methyl sites for hydroxylation is 1. The van der Waals surface area contributed by atoms with E-state index in [1.54, 1.807) is 42.5 Å². The summed E-state index contributed by atoms with van der Waals surface area (Å²) < 4.78 is 34.5. The van der Waals surface area contributed by atoms with E-state index in [0.29, 0.717) is 28.8 Å². The fraction of sp³-hybridized carbons (Fsp3) is 0.240. The molecule has 5 rings (SSSR count). The van der Waals surface area contributed by atoms with E-state index < -0.39 is 26.2 Å². The first-order valence-corrected chi connectivity index (χ1v) is 13.5. The highest BCUT2D eigenvalue weighted by Gasteiger charge is 2.56. The van der Waals surface area contributed by atoms with E-state index in [2.05, 4.69) is 25.2 Å². The molecule has 0 saturated heterocycles. The Morgan fingerprint density at radius 3 is 2.63 bits per heavy atom. The number of sulfonamides is 1. The number of anilines is 1. The summed E-state index contributed by atoms with van der Waals surface area (Å²) in [6.07, 6.45) is 3.69. The number of hydrogen-bond acceptors (Lipinski definition) is 8. The molecule has 11 nitrogen and oxygen atoms in total. The molecule has 2 N–H and O–H groups in total. The molecule has 1 saturated carbocycles. The normalized spacial score (nSPS) is 14.2. The van der Waals surface area contributed by atoms with Gasteiger partial charge in [0.25, 0.3) is 17.3 Å². The fourth-order valence-electron chi connectivity index (χ4n) is 3.96.